The van der Waals surface area contributed by atoms with Crippen molar-refractivity contribution in [2.24, 2.45) is 0 Å². The second-order valence-electron chi connectivity index (χ2n) is 5.53. The molecule has 8 heteroatoms. The molecule has 0 aromatic rings. The average molecular weight is 310 g/mol. The minimum absolute atomic E-state index is 0.0461. The number of carbonyl (C=O) groups is 2. The van der Waals surface area contributed by atoms with E-state index in [-0.39, 0.29) is 25.0 Å². The number of piperazine rings is 1. The van der Waals surface area contributed by atoms with E-state index in [0.717, 1.165) is 6.42 Å². The number of amides is 2. The zero-order valence-electron chi connectivity index (χ0n) is 12.4. The molecule has 1 N–H and O–H groups in total. The quantitative estimate of drug-likeness (QED) is 0.756. The SMILES string of the molecule is CCCC1NC(=O)C(C)(C)N(CCOCC(F)(F)F)C1=O. The molecule has 0 saturated carbocycles. The molecule has 0 bridgehead atoms. The van der Waals surface area contributed by atoms with E-state index in [0.29, 0.717) is 6.42 Å². The molecule has 1 saturated heterocycles. The molecule has 21 heavy (non-hydrogen) atoms. The fourth-order valence-electron chi connectivity index (χ4n) is 2.20. The van der Waals surface area contributed by atoms with Crippen molar-refractivity contribution in [2.45, 2.75) is 51.4 Å². The molecular formula is C13H21F3N2O3. The van der Waals surface area contributed by atoms with E-state index in [9.17, 15) is 22.8 Å². The molecular weight excluding hydrogens is 289 g/mol. The van der Waals surface area contributed by atoms with E-state index in [1.807, 2.05) is 6.92 Å². The van der Waals surface area contributed by atoms with Gasteiger partial charge in [-0.15, -0.1) is 0 Å². The second kappa shape index (κ2) is 6.64. The van der Waals surface area contributed by atoms with Crippen LogP contribution >= 0.6 is 0 Å². The van der Waals surface area contributed by atoms with Crippen LogP contribution in [0.5, 0.6) is 0 Å². The minimum Gasteiger partial charge on any atom is -0.370 e. The van der Waals surface area contributed by atoms with Crippen LogP contribution in [-0.4, -0.2) is 54.2 Å². The summed E-state index contributed by atoms with van der Waals surface area (Å²) in [6.45, 7) is 3.34. The van der Waals surface area contributed by atoms with Gasteiger partial charge >= 0.3 is 6.18 Å². The lowest BCUT2D eigenvalue weighted by Crippen LogP contribution is -2.68. The molecule has 1 aliphatic heterocycles. The van der Waals surface area contributed by atoms with Gasteiger partial charge in [0.2, 0.25) is 11.8 Å². The summed E-state index contributed by atoms with van der Waals surface area (Å²) in [5.41, 5.74) is -1.09. The van der Waals surface area contributed by atoms with Crippen molar-refractivity contribution in [2.75, 3.05) is 19.8 Å². The maximum absolute atomic E-state index is 12.3. The van der Waals surface area contributed by atoms with Gasteiger partial charge in [-0.1, -0.05) is 13.3 Å². The van der Waals surface area contributed by atoms with Crippen LogP contribution in [0, 0.1) is 0 Å². The Morgan fingerprint density at radius 2 is 1.95 bits per heavy atom. The fourth-order valence-corrected chi connectivity index (χ4v) is 2.20. The van der Waals surface area contributed by atoms with E-state index in [1.54, 1.807) is 13.8 Å². The number of hydrogen-bond donors (Lipinski definition) is 1. The highest BCUT2D eigenvalue weighted by Crippen LogP contribution is 2.22. The standard InChI is InChI=1S/C13H21F3N2O3/c1-4-5-9-10(19)18(12(2,3)11(20)17-9)6-7-21-8-13(14,15)16/h9H,4-8H2,1-3H3,(H,17,20). The molecule has 0 aliphatic carbocycles. The van der Waals surface area contributed by atoms with Crippen molar-refractivity contribution in [1.29, 1.82) is 0 Å². The topological polar surface area (TPSA) is 58.6 Å². The third-order valence-electron chi connectivity index (χ3n) is 3.40. The van der Waals surface area contributed by atoms with E-state index in [2.05, 4.69) is 10.1 Å². The maximum atomic E-state index is 12.3. The Labute approximate surface area is 121 Å². The van der Waals surface area contributed by atoms with E-state index in [1.165, 1.54) is 4.90 Å². The number of hydrogen-bond acceptors (Lipinski definition) is 3. The molecule has 5 nitrogen and oxygen atoms in total. The van der Waals surface area contributed by atoms with Crippen LogP contribution < -0.4 is 5.32 Å². The lowest BCUT2D eigenvalue weighted by Gasteiger charge is -2.44. The van der Waals surface area contributed by atoms with Gasteiger partial charge in [0.1, 0.15) is 18.2 Å². The van der Waals surface area contributed by atoms with Crippen LogP contribution in [0.4, 0.5) is 13.2 Å². The number of rotatable bonds is 6. The Balaban J connectivity index is 2.66. The summed E-state index contributed by atoms with van der Waals surface area (Å²) in [6, 6.07) is -0.613. The van der Waals surface area contributed by atoms with Crippen LogP contribution in [0.15, 0.2) is 0 Å². The Morgan fingerprint density at radius 1 is 1.33 bits per heavy atom. The van der Waals surface area contributed by atoms with Gasteiger partial charge in [0, 0.05) is 6.54 Å². The molecule has 0 spiro atoms. The second-order valence-corrected chi connectivity index (χ2v) is 5.53. The molecule has 0 aromatic heterocycles. The molecule has 0 aromatic carbocycles. The molecule has 1 heterocycles. The van der Waals surface area contributed by atoms with Crippen molar-refractivity contribution in [3.05, 3.63) is 0 Å². The summed E-state index contributed by atoms with van der Waals surface area (Å²) in [7, 11) is 0. The zero-order chi connectivity index (χ0) is 16.3. The number of alkyl halides is 3. The predicted molar refractivity (Wildman–Crippen MR) is 69.5 cm³/mol. The van der Waals surface area contributed by atoms with Crippen LogP contribution in [0.1, 0.15) is 33.6 Å². The summed E-state index contributed by atoms with van der Waals surface area (Å²) in [6.07, 6.45) is -3.18. The summed E-state index contributed by atoms with van der Waals surface area (Å²) in [5.74, 6) is -0.589. The largest absolute Gasteiger partial charge is 0.411 e. The monoisotopic (exact) mass is 310 g/mol. The van der Waals surface area contributed by atoms with Crippen molar-refractivity contribution >= 4 is 11.8 Å². The van der Waals surface area contributed by atoms with Crippen LogP contribution in [0.25, 0.3) is 0 Å². The Kier molecular flexibility index (Phi) is 5.61. The van der Waals surface area contributed by atoms with E-state index < -0.39 is 24.4 Å². The number of nitrogens with zero attached hydrogens (tertiary/aromatic N) is 1. The predicted octanol–water partition coefficient (Wildman–Crippen LogP) is 1.47. The summed E-state index contributed by atoms with van der Waals surface area (Å²) in [4.78, 5) is 25.6. The number of nitrogens with one attached hydrogen (secondary N) is 1. The van der Waals surface area contributed by atoms with E-state index >= 15 is 0 Å². The van der Waals surface area contributed by atoms with Gasteiger partial charge in [-0.3, -0.25) is 9.59 Å². The summed E-state index contributed by atoms with van der Waals surface area (Å²) >= 11 is 0. The molecule has 122 valence electrons. The Bertz CT molecular complexity index is 397. The van der Waals surface area contributed by atoms with Gasteiger partial charge < -0.3 is 15.0 Å². The normalized spacial score (nSPS) is 22.4. The molecule has 2 amide bonds. The number of halogens is 3. The Hall–Kier alpha value is -1.31. The highest BCUT2D eigenvalue weighted by atomic mass is 19.4. The fraction of sp³-hybridized carbons (Fsp3) is 0.846. The van der Waals surface area contributed by atoms with Crippen LogP contribution in [-0.2, 0) is 14.3 Å². The number of carbonyl (C=O) groups excluding carboxylic acids is 2. The van der Waals surface area contributed by atoms with Gasteiger partial charge in [0.05, 0.1) is 6.61 Å². The van der Waals surface area contributed by atoms with E-state index in [4.69, 9.17) is 0 Å². The first-order chi connectivity index (χ1) is 9.59. The van der Waals surface area contributed by atoms with Gasteiger partial charge in [0.15, 0.2) is 0 Å². The lowest BCUT2D eigenvalue weighted by molar-refractivity contribution is -0.177. The van der Waals surface area contributed by atoms with Crippen molar-refractivity contribution in [3.63, 3.8) is 0 Å². The Morgan fingerprint density at radius 3 is 2.48 bits per heavy atom. The van der Waals surface area contributed by atoms with Crippen molar-refractivity contribution in [1.82, 2.24) is 10.2 Å². The molecule has 1 unspecified atom stereocenters. The molecule has 1 atom stereocenters. The van der Waals surface area contributed by atoms with Crippen LogP contribution in [0.2, 0.25) is 0 Å². The first-order valence-corrected chi connectivity index (χ1v) is 6.86. The summed E-state index contributed by atoms with van der Waals surface area (Å²) < 4.78 is 40.5. The third-order valence-corrected chi connectivity index (χ3v) is 3.40. The summed E-state index contributed by atoms with van der Waals surface area (Å²) in [5, 5.41) is 2.65. The van der Waals surface area contributed by atoms with Gasteiger partial charge in [-0.2, -0.15) is 13.2 Å². The average Bonchev–Trinajstić information content (AvgIpc) is 2.34. The van der Waals surface area contributed by atoms with Crippen LogP contribution in [0.3, 0.4) is 0 Å². The van der Waals surface area contributed by atoms with Crippen molar-refractivity contribution < 1.29 is 27.5 Å². The highest BCUT2D eigenvalue weighted by molar-refractivity contribution is 5.99. The van der Waals surface area contributed by atoms with Gasteiger partial charge in [-0.25, -0.2) is 0 Å². The van der Waals surface area contributed by atoms with Gasteiger partial charge in [-0.05, 0) is 20.3 Å². The molecule has 1 rings (SSSR count). The van der Waals surface area contributed by atoms with Gasteiger partial charge in [0.25, 0.3) is 0 Å². The minimum atomic E-state index is -4.40. The lowest BCUT2D eigenvalue weighted by atomic mass is 9.94. The highest BCUT2D eigenvalue weighted by Gasteiger charge is 2.45. The maximum Gasteiger partial charge on any atom is 0.411 e. The molecule has 1 aliphatic rings. The smallest absolute Gasteiger partial charge is 0.370 e. The first kappa shape index (κ1) is 17.7. The van der Waals surface area contributed by atoms with Crippen molar-refractivity contribution in [3.8, 4) is 0 Å². The zero-order valence-corrected chi connectivity index (χ0v) is 12.4. The number of ether oxygens (including phenoxy) is 1. The molecule has 1 fully saturated rings. The molecule has 0 radical (unpaired) electrons. The first-order valence-electron chi connectivity index (χ1n) is 6.86. The third kappa shape index (κ3) is 4.59.